The van der Waals surface area contributed by atoms with Gasteiger partial charge in [0.25, 0.3) is 5.91 Å². The summed E-state index contributed by atoms with van der Waals surface area (Å²) >= 11 is 0. The van der Waals surface area contributed by atoms with Crippen LogP contribution in [-0.4, -0.2) is 11.1 Å². The summed E-state index contributed by atoms with van der Waals surface area (Å²) in [5.41, 5.74) is 3.38. The van der Waals surface area contributed by atoms with Gasteiger partial charge >= 0.3 is 0 Å². The van der Waals surface area contributed by atoms with Crippen LogP contribution in [0.2, 0.25) is 0 Å². The van der Waals surface area contributed by atoms with Crippen LogP contribution in [0, 0.1) is 5.82 Å². The summed E-state index contributed by atoms with van der Waals surface area (Å²) in [5.74, 6) is 0.0224. The van der Waals surface area contributed by atoms with Gasteiger partial charge in [0.2, 0.25) is 0 Å². The average molecular weight is 323 g/mol. The molecule has 120 valence electrons. The Morgan fingerprint density at radius 3 is 2.25 bits per heavy atom. The molecule has 1 amide bonds. The topological polar surface area (TPSA) is 58.6 Å². The standard InChI is InChI=1S/C19H14FNO3/c20-14-6-8-15(9-7-14)24-16-10-11-17(19(22)21-23)18(12-16)13-4-2-1-3-5-13/h1-12,23H,(H,21,22). The van der Waals surface area contributed by atoms with Gasteiger partial charge in [0.05, 0.1) is 0 Å². The van der Waals surface area contributed by atoms with E-state index in [9.17, 15) is 9.18 Å². The Labute approximate surface area is 138 Å². The van der Waals surface area contributed by atoms with Crippen LogP contribution in [0.25, 0.3) is 11.1 Å². The molecule has 4 nitrogen and oxygen atoms in total. The first-order valence-corrected chi connectivity index (χ1v) is 7.25. The number of carbonyl (C=O) groups is 1. The van der Waals surface area contributed by atoms with Gasteiger partial charge < -0.3 is 4.74 Å². The van der Waals surface area contributed by atoms with Gasteiger partial charge in [-0.3, -0.25) is 10.0 Å². The van der Waals surface area contributed by atoms with Crippen molar-refractivity contribution in [3.8, 4) is 22.6 Å². The van der Waals surface area contributed by atoms with Crippen LogP contribution in [0.4, 0.5) is 4.39 Å². The fourth-order valence-corrected chi connectivity index (χ4v) is 2.34. The summed E-state index contributed by atoms with van der Waals surface area (Å²) in [6.45, 7) is 0. The van der Waals surface area contributed by atoms with Crippen molar-refractivity contribution in [3.05, 3.63) is 84.2 Å². The number of nitrogens with one attached hydrogen (secondary N) is 1. The molecule has 0 heterocycles. The Balaban J connectivity index is 2.00. The Bertz CT molecular complexity index is 848. The molecule has 5 heteroatoms. The molecular weight excluding hydrogens is 309 g/mol. The second kappa shape index (κ2) is 6.93. The van der Waals surface area contributed by atoms with Gasteiger partial charge in [-0.05, 0) is 53.6 Å². The first-order valence-electron chi connectivity index (χ1n) is 7.25. The third-order valence-electron chi connectivity index (χ3n) is 3.47. The Morgan fingerprint density at radius 1 is 0.917 bits per heavy atom. The van der Waals surface area contributed by atoms with E-state index < -0.39 is 5.91 Å². The maximum atomic E-state index is 13.0. The summed E-state index contributed by atoms with van der Waals surface area (Å²) in [6, 6.07) is 19.8. The molecule has 0 aliphatic rings. The summed E-state index contributed by atoms with van der Waals surface area (Å²) in [5, 5.41) is 8.92. The van der Waals surface area contributed by atoms with Crippen LogP contribution < -0.4 is 10.2 Å². The van der Waals surface area contributed by atoms with Gasteiger partial charge in [-0.2, -0.15) is 0 Å². The fraction of sp³-hybridized carbons (Fsp3) is 0. The van der Waals surface area contributed by atoms with Crippen LogP contribution in [0.3, 0.4) is 0 Å². The third kappa shape index (κ3) is 3.42. The number of benzene rings is 3. The lowest BCUT2D eigenvalue weighted by molar-refractivity contribution is 0.0707. The minimum absolute atomic E-state index is 0.315. The van der Waals surface area contributed by atoms with Gasteiger partial charge in [-0.15, -0.1) is 0 Å². The van der Waals surface area contributed by atoms with Crippen molar-refractivity contribution in [2.24, 2.45) is 0 Å². The Kier molecular flexibility index (Phi) is 4.54. The molecule has 0 spiro atoms. The molecular formula is C19H14FNO3. The van der Waals surface area contributed by atoms with E-state index in [1.165, 1.54) is 24.3 Å². The molecule has 0 atom stereocenters. The molecule has 0 bridgehead atoms. The highest BCUT2D eigenvalue weighted by atomic mass is 19.1. The van der Waals surface area contributed by atoms with E-state index in [0.29, 0.717) is 22.6 Å². The van der Waals surface area contributed by atoms with Crippen molar-refractivity contribution in [1.82, 2.24) is 5.48 Å². The van der Waals surface area contributed by atoms with E-state index in [0.717, 1.165) is 5.56 Å². The van der Waals surface area contributed by atoms with Crippen molar-refractivity contribution in [2.75, 3.05) is 0 Å². The Hall–Kier alpha value is -3.18. The quantitative estimate of drug-likeness (QED) is 0.552. The van der Waals surface area contributed by atoms with Gasteiger partial charge in [0.1, 0.15) is 17.3 Å². The number of amides is 1. The fourth-order valence-electron chi connectivity index (χ4n) is 2.34. The zero-order chi connectivity index (χ0) is 16.9. The molecule has 0 aliphatic heterocycles. The minimum Gasteiger partial charge on any atom is -0.457 e. The van der Waals surface area contributed by atoms with Crippen LogP contribution in [-0.2, 0) is 0 Å². The summed E-state index contributed by atoms with van der Waals surface area (Å²) in [4.78, 5) is 11.9. The van der Waals surface area contributed by atoms with Crippen molar-refractivity contribution >= 4 is 5.91 Å². The zero-order valence-corrected chi connectivity index (χ0v) is 12.6. The number of hydrogen-bond donors (Lipinski definition) is 2. The predicted octanol–water partition coefficient (Wildman–Crippen LogP) is 4.40. The van der Waals surface area contributed by atoms with Crippen LogP contribution in [0.1, 0.15) is 10.4 Å². The molecule has 0 saturated heterocycles. The third-order valence-corrected chi connectivity index (χ3v) is 3.47. The average Bonchev–Trinajstić information content (AvgIpc) is 2.63. The minimum atomic E-state index is -0.609. The summed E-state index contributed by atoms with van der Waals surface area (Å²) < 4.78 is 18.7. The SMILES string of the molecule is O=C(NO)c1ccc(Oc2ccc(F)cc2)cc1-c1ccccc1. The molecule has 24 heavy (non-hydrogen) atoms. The first kappa shape index (κ1) is 15.7. The first-order chi connectivity index (χ1) is 11.7. The summed E-state index contributed by atoms with van der Waals surface area (Å²) in [7, 11) is 0. The lowest BCUT2D eigenvalue weighted by Crippen LogP contribution is -2.19. The van der Waals surface area contributed by atoms with E-state index in [-0.39, 0.29) is 5.82 Å². The predicted molar refractivity (Wildman–Crippen MR) is 87.6 cm³/mol. The second-order valence-electron chi connectivity index (χ2n) is 5.07. The smallest absolute Gasteiger partial charge is 0.275 e. The van der Waals surface area contributed by atoms with E-state index in [1.807, 2.05) is 30.3 Å². The monoisotopic (exact) mass is 323 g/mol. The van der Waals surface area contributed by atoms with Gasteiger partial charge in [-0.1, -0.05) is 30.3 Å². The van der Waals surface area contributed by atoms with Gasteiger partial charge in [-0.25, -0.2) is 9.87 Å². The molecule has 3 aromatic carbocycles. The second-order valence-corrected chi connectivity index (χ2v) is 5.07. The van der Waals surface area contributed by atoms with Crippen LogP contribution in [0.5, 0.6) is 11.5 Å². The van der Waals surface area contributed by atoms with Crippen LogP contribution >= 0.6 is 0 Å². The van der Waals surface area contributed by atoms with Gasteiger partial charge in [0, 0.05) is 5.56 Å². The van der Waals surface area contributed by atoms with Crippen molar-refractivity contribution in [3.63, 3.8) is 0 Å². The van der Waals surface area contributed by atoms with Gasteiger partial charge in [0.15, 0.2) is 0 Å². The normalized spacial score (nSPS) is 10.2. The molecule has 0 aromatic heterocycles. The molecule has 2 N–H and O–H groups in total. The van der Waals surface area contributed by atoms with E-state index in [2.05, 4.69) is 0 Å². The molecule has 0 radical (unpaired) electrons. The van der Waals surface area contributed by atoms with Crippen molar-refractivity contribution < 1.29 is 19.1 Å². The number of ether oxygens (including phenoxy) is 1. The van der Waals surface area contributed by atoms with Crippen molar-refractivity contribution in [2.45, 2.75) is 0 Å². The molecule has 0 unspecified atom stereocenters. The number of hydrogen-bond acceptors (Lipinski definition) is 3. The van der Waals surface area contributed by atoms with E-state index in [1.54, 1.807) is 23.7 Å². The molecule has 0 saturated carbocycles. The summed E-state index contributed by atoms with van der Waals surface area (Å²) in [6.07, 6.45) is 0. The number of carbonyl (C=O) groups excluding carboxylic acids is 1. The highest BCUT2D eigenvalue weighted by Gasteiger charge is 2.14. The lowest BCUT2D eigenvalue weighted by atomic mass is 9.99. The number of halogens is 1. The largest absolute Gasteiger partial charge is 0.457 e. The highest BCUT2D eigenvalue weighted by molar-refractivity contribution is 6.00. The van der Waals surface area contributed by atoms with Crippen molar-refractivity contribution in [1.29, 1.82) is 0 Å². The van der Waals surface area contributed by atoms with Crippen LogP contribution in [0.15, 0.2) is 72.8 Å². The number of rotatable bonds is 4. The maximum absolute atomic E-state index is 13.0. The molecule has 3 aromatic rings. The molecule has 0 aliphatic carbocycles. The maximum Gasteiger partial charge on any atom is 0.275 e. The van der Waals surface area contributed by atoms with E-state index >= 15 is 0 Å². The van der Waals surface area contributed by atoms with E-state index in [4.69, 9.17) is 9.94 Å². The zero-order valence-electron chi connectivity index (χ0n) is 12.6. The molecule has 3 rings (SSSR count). The Morgan fingerprint density at radius 2 is 1.58 bits per heavy atom. The molecule has 0 fully saturated rings. The highest BCUT2D eigenvalue weighted by Crippen LogP contribution is 2.30. The lowest BCUT2D eigenvalue weighted by Gasteiger charge is -2.12. The number of hydroxylamine groups is 1.